The second-order valence-corrected chi connectivity index (χ2v) is 6.43. The lowest BCUT2D eigenvalue weighted by Crippen LogP contribution is -2.38. The smallest absolute Gasteiger partial charge is 0.00127 e. The molecule has 1 atom stereocenters. The molecule has 2 aliphatic rings. The Hall–Kier alpha value is -0.0800. The molecule has 2 aliphatic heterocycles. The van der Waals surface area contributed by atoms with E-state index in [0.717, 1.165) is 17.8 Å². The molecule has 2 heterocycles. The fraction of sp³-hybridized carbons (Fsp3) is 1.00. The highest BCUT2D eigenvalue weighted by atomic mass is 15.2. The van der Waals surface area contributed by atoms with Gasteiger partial charge in [-0.2, -0.15) is 0 Å². The number of likely N-dealkylation sites (tertiary alicyclic amines) is 2. The summed E-state index contributed by atoms with van der Waals surface area (Å²) in [5.41, 5.74) is 0. The van der Waals surface area contributed by atoms with E-state index in [2.05, 4.69) is 30.6 Å². The molecule has 2 rings (SSSR count). The second-order valence-electron chi connectivity index (χ2n) is 6.43. The lowest BCUT2D eigenvalue weighted by atomic mass is 9.95. The third kappa shape index (κ3) is 7.65. The van der Waals surface area contributed by atoms with Gasteiger partial charge in [0.1, 0.15) is 0 Å². The van der Waals surface area contributed by atoms with Crippen molar-refractivity contribution in [3.05, 3.63) is 0 Å². The molecule has 0 radical (unpaired) electrons. The van der Waals surface area contributed by atoms with Gasteiger partial charge in [0.05, 0.1) is 0 Å². The first-order chi connectivity index (χ1) is 10.2. The van der Waals surface area contributed by atoms with Gasteiger partial charge in [0, 0.05) is 13.1 Å². The SMILES string of the molecule is CC.CC.CCN1CCC(CN2CCC(C(C)C)C2)CC1. The monoisotopic (exact) mass is 298 g/mol. The van der Waals surface area contributed by atoms with Crippen molar-refractivity contribution in [1.29, 1.82) is 0 Å². The van der Waals surface area contributed by atoms with E-state index in [1.54, 1.807) is 0 Å². The van der Waals surface area contributed by atoms with E-state index in [1.807, 2.05) is 27.7 Å². The maximum Gasteiger partial charge on any atom is 0.00127 e. The first-order valence-electron chi connectivity index (χ1n) is 9.63. The van der Waals surface area contributed by atoms with Crippen molar-refractivity contribution in [2.45, 2.75) is 67.7 Å². The largest absolute Gasteiger partial charge is 0.304 e. The Morgan fingerprint density at radius 1 is 0.857 bits per heavy atom. The molecule has 2 heteroatoms. The first-order valence-corrected chi connectivity index (χ1v) is 9.63. The molecule has 2 saturated heterocycles. The standard InChI is InChI=1S/C15H30N2.2C2H6/c1-4-16-8-5-14(6-9-16)11-17-10-7-15(12-17)13(2)3;2*1-2/h13-15H,4-12H2,1-3H3;2*1-2H3. The Balaban J connectivity index is 0.000000921. The van der Waals surface area contributed by atoms with Crippen LogP contribution in [0.4, 0.5) is 0 Å². The van der Waals surface area contributed by atoms with Crippen LogP contribution in [-0.2, 0) is 0 Å². The quantitative estimate of drug-likeness (QED) is 0.739. The second kappa shape index (κ2) is 12.5. The maximum atomic E-state index is 2.73. The van der Waals surface area contributed by atoms with E-state index >= 15 is 0 Å². The van der Waals surface area contributed by atoms with Crippen LogP contribution < -0.4 is 0 Å². The number of nitrogens with zero attached hydrogens (tertiary/aromatic N) is 2. The van der Waals surface area contributed by atoms with Crippen LogP contribution in [0.3, 0.4) is 0 Å². The van der Waals surface area contributed by atoms with Crippen LogP contribution in [0.25, 0.3) is 0 Å². The number of piperidine rings is 1. The van der Waals surface area contributed by atoms with Crippen LogP contribution in [0.15, 0.2) is 0 Å². The van der Waals surface area contributed by atoms with E-state index in [1.165, 1.54) is 58.5 Å². The van der Waals surface area contributed by atoms with Gasteiger partial charge in [0.15, 0.2) is 0 Å². The first kappa shape index (κ1) is 20.9. The van der Waals surface area contributed by atoms with Crippen molar-refractivity contribution in [3.8, 4) is 0 Å². The van der Waals surface area contributed by atoms with Crippen LogP contribution >= 0.6 is 0 Å². The molecule has 2 fully saturated rings. The van der Waals surface area contributed by atoms with Crippen molar-refractivity contribution < 1.29 is 0 Å². The minimum Gasteiger partial charge on any atom is -0.304 e. The molecule has 0 N–H and O–H groups in total. The van der Waals surface area contributed by atoms with Gasteiger partial charge in [-0.25, -0.2) is 0 Å². The number of hydrogen-bond acceptors (Lipinski definition) is 2. The molecule has 21 heavy (non-hydrogen) atoms. The molecule has 0 aromatic rings. The minimum atomic E-state index is 0.877. The molecule has 128 valence electrons. The van der Waals surface area contributed by atoms with E-state index < -0.39 is 0 Å². The van der Waals surface area contributed by atoms with Crippen LogP contribution in [0.1, 0.15) is 67.7 Å². The van der Waals surface area contributed by atoms with Crippen molar-refractivity contribution >= 4 is 0 Å². The summed E-state index contributed by atoms with van der Waals surface area (Å²) in [6, 6.07) is 0. The van der Waals surface area contributed by atoms with Crippen LogP contribution in [-0.4, -0.2) is 49.1 Å². The molecule has 0 spiro atoms. The van der Waals surface area contributed by atoms with Crippen molar-refractivity contribution in [1.82, 2.24) is 9.80 Å². The van der Waals surface area contributed by atoms with Crippen molar-refractivity contribution in [2.75, 3.05) is 39.3 Å². The molecule has 2 nitrogen and oxygen atoms in total. The average Bonchev–Trinajstić information content (AvgIpc) is 3.01. The van der Waals surface area contributed by atoms with Gasteiger partial charge in [-0.1, -0.05) is 48.5 Å². The Kier molecular flexibility index (Phi) is 12.4. The van der Waals surface area contributed by atoms with Crippen molar-refractivity contribution in [2.24, 2.45) is 17.8 Å². The molecular weight excluding hydrogens is 256 g/mol. The van der Waals surface area contributed by atoms with Crippen LogP contribution in [0.5, 0.6) is 0 Å². The fourth-order valence-electron chi connectivity index (χ4n) is 3.42. The summed E-state index contributed by atoms with van der Waals surface area (Å²) in [6.07, 6.45) is 4.29. The normalized spacial score (nSPS) is 24.3. The highest BCUT2D eigenvalue weighted by molar-refractivity contribution is 4.81. The molecular formula is C19H42N2. The van der Waals surface area contributed by atoms with Crippen molar-refractivity contribution in [3.63, 3.8) is 0 Å². The highest BCUT2D eigenvalue weighted by Crippen LogP contribution is 2.26. The molecule has 0 aromatic carbocycles. The zero-order valence-electron chi connectivity index (χ0n) is 16.0. The Morgan fingerprint density at radius 3 is 1.81 bits per heavy atom. The molecule has 0 saturated carbocycles. The van der Waals surface area contributed by atoms with E-state index in [9.17, 15) is 0 Å². The van der Waals surface area contributed by atoms with E-state index in [0.29, 0.717) is 0 Å². The summed E-state index contributed by atoms with van der Waals surface area (Å²) in [5, 5.41) is 0. The van der Waals surface area contributed by atoms with Gasteiger partial charge in [0.25, 0.3) is 0 Å². The summed E-state index contributed by atoms with van der Waals surface area (Å²) in [4.78, 5) is 5.33. The number of rotatable bonds is 4. The third-order valence-corrected chi connectivity index (χ3v) is 4.92. The predicted octanol–water partition coefficient (Wildman–Crippen LogP) is 4.75. The molecule has 0 amide bonds. The van der Waals surface area contributed by atoms with Gasteiger partial charge in [-0.05, 0) is 63.2 Å². The molecule has 1 unspecified atom stereocenters. The predicted molar refractivity (Wildman–Crippen MR) is 96.9 cm³/mol. The van der Waals surface area contributed by atoms with E-state index in [-0.39, 0.29) is 0 Å². The summed E-state index contributed by atoms with van der Waals surface area (Å²) in [5.74, 6) is 2.82. The molecule has 0 aliphatic carbocycles. The Morgan fingerprint density at radius 2 is 1.38 bits per heavy atom. The van der Waals surface area contributed by atoms with Gasteiger partial charge in [0.2, 0.25) is 0 Å². The maximum absolute atomic E-state index is 2.73. The zero-order chi connectivity index (χ0) is 16.3. The minimum absolute atomic E-state index is 0.877. The van der Waals surface area contributed by atoms with Crippen LogP contribution in [0, 0.1) is 17.8 Å². The van der Waals surface area contributed by atoms with Gasteiger partial charge in [-0.15, -0.1) is 0 Å². The summed E-state index contributed by atoms with van der Waals surface area (Å²) < 4.78 is 0. The third-order valence-electron chi connectivity index (χ3n) is 4.92. The summed E-state index contributed by atoms with van der Waals surface area (Å²) >= 11 is 0. The van der Waals surface area contributed by atoms with Gasteiger partial charge >= 0.3 is 0 Å². The Labute approximate surface area is 135 Å². The van der Waals surface area contributed by atoms with Crippen LogP contribution in [0.2, 0.25) is 0 Å². The fourth-order valence-corrected chi connectivity index (χ4v) is 3.42. The molecule has 0 bridgehead atoms. The van der Waals surface area contributed by atoms with E-state index in [4.69, 9.17) is 0 Å². The van der Waals surface area contributed by atoms with Gasteiger partial charge in [-0.3, -0.25) is 0 Å². The lowest BCUT2D eigenvalue weighted by Gasteiger charge is -2.33. The topological polar surface area (TPSA) is 6.48 Å². The zero-order valence-corrected chi connectivity index (χ0v) is 16.0. The van der Waals surface area contributed by atoms with Gasteiger partial charge < -0.3 is 9.80 Å². The number of hydrogen-bond donors (Lipinski definition) is 0. The summed E-state index contributed by atoms with van der Waals surface area (Å²) in [7, 11) is 0. The average molecular weight is 299 g/mol. The Bertz CT molecular complexity index is 220. The molecule has 0 aromatic heterocycles. The highest BCUT2D eigenvalue weighted by Gasteiger charge is 2.27. The lowest BCUT2D eigenvalue weighted by molar-refractivity contribution is 0.156. The summed E-state index contributed by atoms with van der Waals surface area (Å²) in [6.45, 7) is 23.1.